The molecule has 2 nitrogen and oxygen atoms in total. The lowest BCUT2D eigenvalue weighted by Crippen LogP contribution is -2.48. The van der Waals surface area contributed by atoms with E-state index in [0.717, 1.165) is 24.4 Å². The smallest absolute Gasteiger partial charge is 0.263 e. The molecule has 0 N–H and O–H groups in total. The Morgan fingerprint density at radius 2 is 1.54 bits per heavy atom. The highest BCUT2D eigenvalue weighted by Crippen LogP contribution is 2.46. The zero-order chi connectivity index (χ0) is 18.1. The fourth-order valence-electron chi connectivity index (χ4n) is 5.06. The third-order valence-electron chi connectivity index (χ3n) is 6.23. The van der Waals surface area contributed by atoms with Gasteiger partial charge in [0, 0.05) is 5.57 Å². The van der Waals surface area contributed by atoms with Gasteiger partial charge in [0.1, 0.15) is 0 Å². The van der Waals surface area contributed by atoms with Crippen LogP contribution in [-0.4, -0.2) is 14.9 Å². The third-order valence-corrected chi connectivity index (χ3v) is 12.2. The minimum Gasteiger partial charge on any atom is -0.518 e. The number of hydrogen-bond acceptors (Lipinski definition) is 2. The molecule has 2 rings (SSSR count). The van der Waals surface area contributed by atoms with Gasteiger partial charge in [-0.1, -0.05) is 53.7 Å². The molecule has 3 heteroatoms. The lowest BCUT2D eigenvalue weighted by atomic mass is 9.95. The van der Waals surface area contributed by atoms with Gasteiger partial charge < -0.3 is 9.16 Å². The summed E-state index contributed by atoms with van der Waals surface area (Å²) in [4.78, 5) is 0. The Hall–Kier alpha value is -0.703. The van der Waals surface area contributed by atoms with E-state index >= 15 is 0 Å². The van der Waals surface area contributed by atoms with Gasteiger partial charge in [-0.25, -0.2) is 0 Å². The molecule has 3 atom stereocenters. The molecular weight excluding hydrogens is 312 g/mol. The molecule has 0 spiro atoms. The van der Waals surface area contributed by atoms with Gasteiger partial charge in [0.15, 0.2) is 0 Å². The zero-order valence-corrected chi connectivity index (χ0v) is 18.1. The summed E-state index contributed by atoms with van der Waals surface area (Å²) in [7, 11) is -1.94. The second-order valence-corrected chi connectivity index (χ2v) is 14.4. The average Bonchev–Trinajstić information content (AvgIpc) is 3.08. The Kier molecular flexibility index (Phi) is 6.27. The zero-order valence-electron chi connectivity index (χ0n) is 17.1. The molecule has 0 aromatic heterocycles. The van der Waals surface area contributed by atoms with Crippen molar-refractivity contribution in [3.05, 3.63) is 23.7 Å². The van der Waals surface area contributed by atoms with Gasteiger partial charge in [0.2, 0.25) is 0 Å². The standard InChI is InChI=1S/C21H38O2Si/c1-14(2)21(22-13-20-12-18-9-10-19(20)11-18)23-24(15(3)4,16(5)6)17(7)8/h9-10,15-20H,11-13H2,1-8H3. The summed E-state index contributed by atoms with van der Waals surface area (Å²) in [5.41, 5.74) is 2.88. The largest absolute Gasteiger partial charge is 0.518 e. The van der Waals surface area contributed by atoms with Crippen LogP contribution in [0.1, 0.15) is 68.2 Å². The summed E-state index contributed by atoms with van der Waals surface area (Å²) in [5, 5.41) is 0. The van der Waals surface area contributed by atoms with Crippen molar-refractivity contribution in [2.24, 2.45) is 17.8 Å². The molecule has 138 valence electrons. The topological polar surface area (TPSA) is 18.5 Å². The lowest BCUT2D eigenvalue weighted by molar-refractivity contribution is 0.0626. The van der Waals surface area contributed by atoms with Gasteiger partial charge >= 0.3 is 0 Å². The van der Waals surface area contributed by atoms with E-state index in [1.54, 1.807) is 0 Å². The van der Waals surface area contributed by atoms with Crippen LogP contribution < -0.4 is 0 Å². The first-order valence-corrected chi connectivity index (χ1v) is 12.0. The fraction of sp³-hybridized carbons (Fsp3) is 0.810. The van der Waals surface area contributed by atoms with Gasteiger partial charge in [0.05, 0.1) is 6.61 Å². The summed E-state index contributed by atoms with van der Waals surface area (Å²) >= 11 is 0. The van der Waals surface area contributed by atoms with Crippen molar-refractivity contribution in [1.82, 2.24) is 0 Å². The Balaban J connectivity index is 2.09. The van der Waals surface area contributed by atoms with E-state index in [1.165, 1.54) is 18.4 Å². The summed E-state index contributed by atoms with van der Waals surface area (Å²) in [5.74, 6) is 3.03. The van der Waals surface area contributed by atoms with E-state index in [1.807, 2.05) is 0 Å². The molecule has 2 aliphatic carbocycles. The van der Waals surface area contributed by atoms with Crippen LogP contribution >= 0.6 is 0 Å². The molecule has 2 aliphatic rings. The van der Waals surface area contributed by atoms with Crippen molar-refractivity contribution in [2.75, 3.05) is 6.61 Å². The highest BCUT2D eigenvalue weighted by molar-refractivity contribution is 6.77. The predicted molar refractivity (Wildman–Crippen MR) is 105 cm³/mol. The summed E-state index contributed by atoms with van der Waals surface area (Å²) in [6, 6.07) is 0. The van der Waals surface area contributed by atoms with Gasteiger partial charge in [-0.05, 0) is 61.1 Å². The van der Waals surface area contributed by atoms with Crippen LogP contribution in [-0.2, 0) is 9.16 Å². The fourth-order valence-corrected chi connectivity index (χ4v) is 10.4. The highest BCUT2D eigenvalue weighted by Gasteiger charge is 2.48. The molecule has 0 heterocycles. The molecule has 2 bridgehead atoms. The normalized spacial score (nSPS) is 25.9. The number of allylic oxidation sites excluding steroid dienone is 3. The molecule has 0 amide bonds. The highest BCUT2D eigenvalue weighted by atomic mass is 28.4. The molecule has 3 unspecified atom stereocenters. The van der Waals surface area contributed by atoms with E-state index in [-0.39, 0.29) is 0 Å². The summed E-state index contributed by atoms with van der Waals surface area (Å²) in [6.07, 6.45) is 7.42. The van der Waals surface area contributed by atoms with E-state index < -0.39 is 8.32 Å². The number of ether oxygens (including phenoxy) is 1. The van der Waals surface area contributed by atoms with Crippen molar-refractivity contribution >= 4 is 8.32 Å². The maximum absolute atomic E-state index is 6.80. The van der Waals surface area contributed by atoms with Crippen LogP contribution in [0.5, 0.6) is 0 Å². The van der Waals surface area contributed by atoms with Crippen molar-refractivity contribution in [3.8, 4) is 0 Å². The molecule has 0 radical (unpaired) electrons. The van der Waals surface area contributed by atoms with Crippen LogP contribution in [0.4, 0.5) is 0 Å². The quantitative estimate of drug-likeness (QED) is 0.277. The minimum atomic E-state index is -1.94. The second kappa shape index (κ2) is 7.68. The van der Waals surface area contributed by atoms with Gasteiger partial charge in [-0.3, -0.25) is 0 Å². The van der Waals surface area contributed by atoms with E-state index in [2.05, 4.69) is 67.5 Å². The first kappa shape index (κ1) is 19.6. The third kappa shape index (κ3) is 3.76. The van der Waals surface area contributed by atoms with Gasteiger partial charge in [0.25, 0.3) is 14.3 Å². The molecule has 0 saturated heterocycles. The molecular formula is C21H38O2Si. The van der Waals surface area contributed by atoms with E-state index in [0.29, 0.717) is 22.5 Å². The Bertz CT molecular complexity index is 464. The van der Waals surface area contributed by atoms with Crippen LogP contribution in [0, 0.1) is 17.8 Å². The van der Waals surface area contributed by atoms with Crippen LogP contribution in [0.25, 0.3) is 0 Å². The van der Waals surface area contributed by atoms with Crippen molar-refractivity contribution < 1.29 is 9.16 Å². The Morgan fingerprint density at radius 3 is 1.92 bits per heavy atom. The monoisotopic (exact) mass is 350 g/mol. The van der Waals surface area contributed by atoms with E-state index in [9.17, 15) is 0 Å². The van der Waals surface area contributed by atoms with Crippen molar-refractivity contribution in [3.63, 3.8) is 0 Å². The second-order valence-electron chi connectivity index (χ2n) is 9.06. The first-order valence-electron chi connectivity index (χ1n) is 9.86. The van der Waals surface area contributed by atoms with Crippen LogP contribution in [0.2, 0.25) is 16.6 Å². The van der Waals surface area contributed by atoms with E-state index in [4.69, 9.17) is 9.16 Å². The first-order chi connectivity index (χ1) is 11.2. The Labute approximate surface area is 150 Å². The molecule has 1 saturated carbocycles. The molecule has 24 heavy (non-hydrogen) atoms. The maximum atomic E-state index is 6.80. The number of hydrogen-bond donors (Lipinski definition) is 0. The molecule has 0 aromatic carbocycles. The molecule has 1 fully saturated rings. The van der Waals surface area contributed by atoms with Crippen molar-refractivity contribution in [2.45, 2.75) is 84.9 Å². The summed E-state index contributed by atoms with van der Waals surface area (Å²) < 4.78 is 13.1. The number of rotatable bonds is 8. The van der Waals surface area contributed by atoms with Gasteiger partial charge in [-0.2, -0.15) is 0 Å². The average molecular weight is 351 g/mol. The lowest BCUT2D eigenvalue weighted by Gasteiger charge is -2.42. The van der Waals surface area contributed by atoms with Crippen molar-refractivity contribution in [1.29, 1.82) is 0 Å². The SMILES string of the molecule is CC(C)=C(OCC1CC2C=CC1C2)O[Si](C(C)C)(C(C)C)C(C)C. The van der Waals surface area contributed by atoms with Gasteiger partial charge in [-0.15, -0.1) is 0 Å². The molecule has 0 aliphatic heterocycles. The maximum Gasteiger partial charge on any atom is 0.263 e. The summed E-state index contributed by atoms with van der Waals surface area (Å²) in [6.45, 7) is 19.0. The van der Waals surface area contributed by atoms with Crippen LogP contribution in [0.15, 0.2) is 23.7 Å². The Morgan fingerprint density at radius 1 is 0.958 bits per heavy atom. The predicted octanol–water partition coefficient (Wildman–Crippen LogP) is 6.66. The number of fused-ring (bicyclic) bond motifs is 2. The minimum absolute atomic E-state index is 0.570. The molecule has 0 aromatic rings. The van der Waals surface area contributed by atoms with Crippen LogP contribution in [0.3, 0.4) is 0 Å².